The Hall–Kier alpha value is -1.06. The van der Waals surface area contributed by atoms with Gasteiger partial charge in [-0.2, -0.15) is 0 Å². The molecule has 0 amide bonds. The third kappa shape index (κ3) is 3.20. The quantitative estimate of drug-likeness (QED) is 0.826. The molecule has 0 bridgehead atoms. The van der Waals surface area contributed by atoms with Gasteiger partial charge in [-0.05, 0) is 37.0 Å². The van der Waals surface area contributed by atoms with Crippen LogP contribution in [0.15, 0.2) is 18.2 Å². The summed E-state index contributed by atoms with van der Waals surface area (Å²) in [6, 6.07) is 6.09. The number of ether oxygens (including phenoxy) is 1. The Bertz CT molecular complexity index is 372. The number of nitrogens with two attached hydrogens (primary N) is 1. The van der Waals surface area contributed by atoms with Crippen LogP contribution in [0, 0.1) is 0 Å². The van der Waals surface area contributed by atoms with Crippen LogP contribution in [-0.4, -0.2) is 18.8 Å². The van der Waals surface area contributed by atoms with Gasteiger partial charge in [-0.15, -0.1) is 0 Å². The monoisotopic (exact) mass is 237 g/mol. The van der Waals surface area contributed by atoms with Crippen LogP contribution in [0.5, 0.6) is 5.75 Å². The van der Waals surface area contributed by atoms with E-state index in [0.29, 0.717) is 12.3 Å². The van der Waals surface area contributed by atoms with Gasteiger partial charge in [-0.3, -0.25) is 0 Å². The lowest BCUT2D eigenvalue weighted by Gasteiger charge is -2.27. The average Bonchev–Trinajstić information content (AvgIpc) is 2.28. The predicted octanol–water partition coefficient (Wildman–Crippen LogP) is 2.37. The normalized spacial score (nSPS) is 14.8. The second-order valence-electron chi connectivity index (χ2n) is 5.01. The molecule has 1 atom stereocenters. The molecule has 0 radical (unpaired) electrons. The molecule has 1 unspecified atom stereocenters. The van der Waals surface area contributed by atoms with Crippen molar-refractivity contribution in [3.05, 3.63) is 29.3 Å². The van der Waals surface area contributed by atoms with Crippen LogP contribution >= 0.6 is 0 Å². The van der Waals surface area contributed by atoms with E-state index >= 15 is 0 Å². The smallest absolute Gasteiger partial charge is 0.123 e. The fourth-order valence-corrected chi connectivity index (χ4v) is 1.90. The van der Waals surface area contributed by atoms with Crippen molar-refractivity contribution in [1.29, 1.82) is 0 Å². The van der Waals surface area contributed by atoms with Crippen molar-refractivity contribution in [2.75, 3.05) is 13.7 Å². The van der Waals surface area contributed by atoms with Gasteiger partial charge in [0.2, 0.25) is 0 Å². The molecular weight excluding hydrogens is 214 g/mol. The van der Waals surface area contributed by atoms with Crippen molar-refractivity contribution in [2.45, 2.75) is 38.6 Å². The van der Waals surface area contributed by atoms with E-state index < -0.39 is 5.54 Å². The third-order valence-electron chi connectivity index (χ3n) is 3.14. The maximum atomic E-state index is 9.08. The molecule has 0 spiro atoms. The highest BCUT2D eigenvalue weighted by molar-refractivity contribution is 5.42. The standard InChI is InChI=1S/C14H23NO2/c1-10(2)11-5-6-13(17-4)12(9-11)14(3,15)7-8-16/h5-6,9-10,16H,7-8,15H2,1-4H3. The number of hydrogen-bond acceptors (Lipinski definition) is 3. The summed E-state index contributed by atoms with van der Waals surface area (Å²) in [7, 11) is 1.64. The highest BCUT2D eigenvalue weighted by Gasteiger charge is 2.25. The van der Waals surface area contributed by atoms with Crippen LogP contribution in [0.25, 0.3) is 0 Å². The largest absolute Gasteiger partial charge is 0.496 e. The minimum Gasteiger partial charge on any atom is -0.496 e. The molecule has 3 nitrogen and oxygen atoms in total. The molecule has 0 saturated carbocycles. The molecule has 0 heterocycles. The summed E-state index contributed by atoms with van der Waals surface area (Å²) in [5.74, 6) is 1.23. The zero-order valence-electron chi connectivity index (χ0n) is 11.2. The summed E-state index contributed by atoms with van der Waals surface area (Å²) in [5.41, 5.74) is 7.88. The van der Waals surface area contributed by atoms with E-state index in [2.05, 4.69) is 26.0 Å². The van der Waals surface area contributed by atoms with Crippen molar-refractivity contribution in [1.82, 2.24) is 0 Å². The Morgan fingerprint density at radius 3 is 2.53 bits per heavy atom. The molecule has 0 aliphatic rings. The van der Waals surface area contributed by atoms with Crippen molar-refractivity contribution in [2.24, 2.45) is 5.73 Å². The van der Waals surface area contributed by atoms with Gasteiger partial charge in [-0.25, -0.2) is 0 Å². The van der Waals surface area contributed by atoms with Gasteiger partial charge in [0.1, 0.15) is 5.75 Å². The van der Waals surface area contributed by atoms with Crippen LogP contribution < -0.4 is 10.5 Å². The first kappa shape index (κ1) is 14.0. The summed E-state index contributed by atoms with van der Waals surface area (Å²) in [6.07, 6.45) is 0.519. The first-order chi connectivity index (χ1) is 7.92. The highest BCUT2D eigenvalue weighted by atomic mass is 16.5. The van der Waals surface area contributed by atoms with E-state index in [9.17, 15) is 0 Å². The summed E-state index contributed by atoms with van der Waals surface area (Å²) in [4.78, 5) is 0. The third-order valence-corrected chi connectivity index (χ3v) is 3.14. The molecule has 0 aromatic heterocycles. The average molecular weight is 237 g/mol. The lowest BCUT2D eigenvalue weighted by Crippen LogP contribution is -2.34. The first-order valence-electron chi connectivity index (χ1n) is 6.00. The van der Waals surface area contributed by atoms with Crippen LogP contribution in [0.3, 0.4) is 0 Å². The molecular formula is C14H23NO2. The Morgan fingerprint density at radius 2 is 2.06 bits per heavy atom. The molecule has 3 N–H and O–H groups in total. The number of rotatable bonds is 5. The molecule has 1 rings (SSSR count). The zero-order valence-corrected chi connectivity index (χ0v) is 11.2. The molecule has 0 aliphatic heterocycles. The zero-order chi connectivity index (χ0) is 13.1. The summed E-state index contributed by atoms with van der Waals surface area (Å²) >= 11 is 0. The van der Waals surface area contributed by atoms with Crippen molar-refractivity contribution in [3.8, 4) is 5.75 Å². The van der Waals surface area contributed by atoms with Gasteiger partial charge in [0.05, 0.1) is 7.11 Å². The molecule has 1 aromatic rings. The van der Waals surface area contributed by atoms with Crippen molar-refractivity contribution >= 4 is 0 Å². The maximum Gasteiger partial charge on any atom is 0.123 e. The maximum absolute atomic E-state index is 9.08. The van der Waals surface area contributed by atoms with Crippen molar-refractivity contribution in [3.63, 3.8) is 0 Å². The lowest BCUT2D eigenvalue weighted by atomic mass is 9.86. The van der Waals surface area contributed by atoms with Gasteiger partial charge < -0.3 is 15.6 Å². The lowest BCUT2D eigenvalue weighted by molar-refractivity contribution is 0.244. The highest BCUT2D eigenvalue weighted by Crippen LogP contribution is 2.32. The molecule has 96 valence electrons. The van der Waals surface area contributed by atoms with E-state index in [4.69, 9.17) is 15.6 Å². The van der Waals surface area contributed by atoms with Crippen molar-refractivity contribution < 1.29 is 9.84 Å². The molecule has 17 heavy (non-hydrogen) atoms. The molecule has 0 fully saturated rings. The Morgan fingerprint density at radius 1 is 1.41 bits per heavy atom. The summed E-state index contributed by atoms with van der Waals surface area (Å²) in [6.45, 7) is 6.28. The minimum absolute atomic E-state index is 0.0715. The van der Waals surface area contributed by atoms with Crippen LogP contribution in [-0.2, 0) is 5.54 Å². The van der Waals surface area contributed by atoms with Gasteiger partial charge in [0.15, 0.2) is 0 Å². The molecule has 1 aromatic carbocycles. The first-order valence-corrected chi connectivity index (χ1v) is 6.00. The molecule has 0 saturated heterocycles. The number of benzene rings is 1. The molecule has 3 heteroatoms. The number of aliphatic hydroxyl groups excluding tert-OH is 1. The number of hydrogen-bond donors (Lipinski definition) is 2. The van der Waals surface area contributed by atoms with E-state index in [1.165, 1.54) is 5.56 Å². The fourth-order valence-electron chi connectivity index (χ4n) is 1.90. The van der Waals surface area contributed by atoms with Gasteiger partial charge in [0.25, 0.3) is 0 Å². The van der Waals surface area contributed by atoms with Gasteiger partial charge in [0, 0.05) is 17.7 Å². The van der Waals surface area contributed by atoms with E-state index in [1.807, 2.05) is 13.0 Å². The second kappa shape index (κ2) is 5.52. The Labute approximate surface area is 104 Å². The minimum atomic E-state index is -0.564. The van der Waals surface area contributed by atoms with Gasteiger partial charge >= 0.3 is 0 Å². The van der Waals surface area contributed by atoms with Gasteiger partial charge in [-0.1, -0.05) is 19.9 Å². The summed E-state index contributed by atoms with van der Waals surface area (Å²) in [5, 5.41) is 9.08. The Kier molecular flexibility index (Phi) is 4.54. The molecule has 0 aliphatic carbocycles. The fraction of sp³-hybridized carbons (Fsp3) is 0.571. The SMILES string of the molecule is COc1ccc(C(C)C)cc1C(C)(N)CCO. The topological polar surface area (TPSA) is 55.5 Å². The van der Waals surface area contributed by atoms with Crippen LogP contribution in [0.2, 0.25) is 0 Å². The second-order valence-corrected chi connectivity index (χ2v) is 5.01. The van der Waals surface area contributed by atoms with Crippen LogP contribution in [0.4, 0.5) is 0 Å². The van der Waals surface area contributed by atoms with E-state index in [1.54, 1.807) is 7.11 Å². The Balaban J connectivity index is 3.22. The number of aliphatic hydroxyl groups is 1. The number of methoxy groups -OCH3 is 1. The van der Waals surface area contributed by atoms with E-state index in [-0.39, 0.29) is 6.61 Å². The van der Waals surface area contributed by atoms with Crippen LogP contribution in [0.1, 0.15) is 44.2 Å². The van der Waals surface area contributed by atoms with E-state index in [0.717, 1.165) is 11.3 Å². The summed E-state index contributed by atoms with van der Waals surface area (Å²) < 4.78 is 5.35. The predicted molar refractivity (Wildman–Crippen MR) is 70.3 cm³/mol.